The van der Waals surface area contributed by atoms with Gasteiger partial charge in [0.1, 0.15) is 18.1 Å². The van der Waals surface area contributed by atoms with E-state index in [0.29, 0.717) is 37.9 Å². The fourth-order valence-electron chi connectivity index (χ4n) is 2.30. The van der Waals surface area contributed by atoms with E-state index in [1.807, 2.05) is 38.1 Å². The molecule has 2 amide bonds. The predicted octanol–water partition coefficient (Wildman–Crippen LogP) is 2.60. The number of urea groups is 1. The summed E-state index contributed by atoms with van der Waals surface area (Å²) in [5.74, 6) is 2.06. The Bertz CT molecular complexity index is 700. The van der Waals surface area contributed by atoms with E-state index in [9.17, 15) is 4.79 Å². The number of methoxy groups -OCH3 is 1. The smallest absolute Gasteiger partial charge is 0.322 e. The quantitative estimate of drug-likeness (QED) is 0.642. The molecule has 0 saturated carbocycles. The van der Waals surface area contributed by atoms with Crippen molar-refractivity contribution in [2.75, 3.05) is 52.8 Å². The molecule has 0 aliphatic rings. The van der Waals surface area contributed by atoms with Crippen LogP contribution in [0.15, 0.2) is 34.9 Å². The number of aromatic nitrogens is 1. The van der Waals surface area contributed by atoms with Crippen molar-refractivity contribution in [1.29, 1.82) is 0 Å². The maximum Gasteiger partial charge on any atom is 0.322 e. The standard InChI is InChI=1S/C19H28N4O4/c1-15-5-7-17(27-15)14-23(10-9-22(2)3)19(24)21-16-6-8-18(20-13-16)26-12-11-25-4/h5-8,13H,9-12,14H2,1-4H3,(H,21,24). The lowest BCUT2D eigenvalue weighted by Crippen LogP contribution is -2.38. The topological polar surface area (TPSA) is 80.1 Å². The molecule has 0 spiro atoms. The van der Waals surface area contributed by atoms with Gasteiger partial charge in [0.05, 0.1) is 25.0 Å². The lowest BCUT2D eigenvalue weighted by Gasteiger charge is -2.24. The van der Waals surface area contributed by atoms with Gasteiger partial charge in [-0.3, -0.25) is 0 Å². The van der Waals surface area contributed by atoms with E-state index in [-0.39, 0.29) is 6.03 Å². The van der Waals surface area contributed by atoms with Crippen LogP contribution < -0.4 is 10.1 Å². The summed E-state index contributed by atoms with van der Waals surface area (Å²) in [5.41, 5.74) is 0.601. The lowest BCUT2D eigenvalue weighted by molar-refractivity contribution is 0.144. The van der Waals surface area contributed by atoms with E-state index in [2.05, 4.69) is 10.3 Å². The summed E-state index contributed by atoms with van der Waals surface area (Å²) in [6.07, 6.45) is 1.57. The summed E-state index contributed by atoms with van der Waals surface area (Å²) in [6.45, 7) is 4.53. The number of nitrogens with zero attached hydrogens (tertiary/aromatic N) is 3. The summed E-state index contributed by atoms with van der Waals surface area (Å²) in [6, 6.07) is 7.04. The number of amides is 2. The fourth-order valence-corrected chi connectivity index (χ4v) is 2.30. The molecule has 2 aromatic rings. The first kappa shape index (κ1) is 20.7. The van der Waals surface area contributed by atoms with Crippen LogP contribution in [-0.2, 0) is 11.3 Å². The van der Waals surface area contributed by atoms with Crippen LogP contribution in [0.1, 0.15) is 11.5 Å². The first-order valence-corrected chi connectivity index (χ1v) is 8.81. The van der Waals surface area contributed by atoms with Crippen LogP contribution in [-0.4, -0.2) is 68.3 Å². The van der Waals surface area contributed by atoms with Crippen molar-refractivity contribution in [2.45, 2.75) is 13.5 Å². The van der Waals surface area contributed by atoms with Gasteiger partial charge in [-0.1, -0.05) is 0 Å². The highest BCUT2D eigenvalue weighted by atomic mass is 16.5. The Morgan fingerprint density at radius 3 is 2.59 bits per heavy atom. The Kier molecular flexibility index (Phi) is 8.09. The van der Waals surface area contributed by atoms with Gasteiger partial charge in [0.15, 0.2) is 0 Å². The molecule has 8 nitrogen and oxygen atoms in total. The molecule has 2 heterocycles. The number of ether oxygens (including phenoxy) is 2. The number of hydrogen-bond acceptors (Lipinski definition) is 6. The summed E-state index contributed by atoms with van der Waals surface area (Å²) in [7, 11) is 5.56. The maximum absolute atomic E-state index is 12.7. The number of aryl methyl sites for hydroxylation is 1. The Morgan fingerprint density at radius 1 is 1.19 bits per heavy atom. The molecule has 0 bridgehead atoms. The number of carbonyl (C=O) groups excluding carboxylic acids is 1. The van der Waals surface area contributed by atoms with Crippen LogP contribution in [0.2, 0.25) is 0 Å². The molecule has 2 rings (SSSR count). The van der Waals surface area contributed by atoms with Crippen molar-refractivity contribution in [3.05, 3.63) is 42.0 Å². The Hall–Kier alpha value is -2.58. The molecule has 27 heavy (non-hydrogen) atoms. The Morgan fingerprint density at radius 2 is 2.00 bits per heavy atom. The highest BCUT2D eigenvalue weighted by Crippen LogP contribution is 2.14. The number of furan rings is 1. The van der Waals surface area contributed by atoms with Crippen molar-refractivity contribution < 1.29 is 18.7 Å². The van der Waals surface area contributed by atoms with Gasteiger partial charge in [-0.15, -0.1) is 0 Å². The summed E-state index contributed by atoms with van der Waals surface area (Å²) >= 11 is 0. The van der Waals surface area contributed by atoms with E-state index in [4.69, 9.17) is 13.9 Å². The second-order valence-electron chi connectivity index (χ2n) is 6.39. The number of pyridine rings is 1. The first-order valence-electron chi connectivity index (χ1n) is 8.81. The third kappa shape index (κ3) is 7.28. The molecule has 0 saturated heterocycles. The van der Waals surface area contributed by atoms with Gasteiger partial charge < -0.3 is 29.0 Å². The minimum absolute atomic E-state index is 0.208. The summed E-state index contributed by atoms with van der Waals surface area (Å²) in [5, 5.41) is 2.87. The number of anilines is 1. The van der Waals surface area contributed by atoms with Crippen LogP contribution in [0, 0.1) is 6.92 Å². The second kappa shape index (κ2) is 10.5. The molecule has 0 aliphatic carbocycles. The van der Waals surface area contributed by atoms with Gasteiger partial charge in [0, 0.05) is 26.3 Å². The van der Waals surface area contributed by atoms with E-state index < -0.39 is 0 Å². The number of carbonyl (C=O) groups is 1. The van der Waals surface area contributed by atoms with Gasteiger partial charge >= 0.3 is 6.03 Å². The van der Waals surface area contributed by atoms with Crippen molar-refractivity contribution in [3.63, 3.8) is 0 Å². The van der Waals surface area contributed by atoms with E-state index in [0.717, 1.165) is 18.1 Å². The minimum Gasteiger partial charge on any atom is -0.475 e. The fraction of sp³-hybridized carbons (Fsp3) is 0.474. The molecule has 0 radical (unpaired) electrons. The van der Waals surface area contributed by atoms with Crippen LogP contribution in [0.25, 0.3) is 0 Å². The van der Waals surface area contributed by atoms with Gasteiger partial charge in [-0.2, -0.15) is 0 Å². The van der Waals surface area contributed by atoms with Gasteiger partial charge in [0.2, 0.25) is 5.88 Å². The molecule has 0 atom stereocenters. The van der Waals surface area contributed by atoms with Crippen molar-refractivity contribution in [3.8, 4) is 5.88 Å². The van der Waals surface area contributed by atoms with Crippen molar-refractivity contribution >= 4 is 11.7 Å². The molecule has 0 aliphatic heterocycles. The zero-order chi connectivity index (χ0) is 19.6. The lowest BCUT2D eigenvalue weighted by atomic mass is 10.3. The van der Waals surface area contributed by atoms with Crippen LogP contribution >= 0.6 is 0 Å². The van der Waals surface area contributed by atoms with Gasteiger partial charge in [-0.25, -0.2) is 9.78 Å². The number of hydrogen-bond donors (Lipinski definition) is 1. The first-order chi connectivity index (χ1) is 13.0. The largest absolute Gasteiger partial charge is 0.475 e. The summed E-state index contributed by atoms with van der Waals surface area (Å²) < 4.78 is 16.0. The molecule has 8 heteroatoms. The number of rotatable bonds is 10. The monoisotopic (exact) mass is 376 g/mol. The van der Waals surface area contributed by atoms with Crippen molar-refractivity contribution in [1.82, 2.24) is 14.8 Å². The number of likely N-dealkylation sites (N-methyl/N-ethyl adjacent to an activating group) is 1. The molecular formula is C19H28N4O4. The molecule has 0 unspecified atom stereocenters. The predicted molar refractivity (Wildman–Crippen MR) is 103 cm³/mol. The maximum atomic E-state index is 12.7. The number of nitrogens with one attached hydrogen (secondary N) is 1. The van der Waals surface area contributed by atoms with E-state index in [1.54, 1.807) is 30.3 Å². The molecule has 148 valence electrons. The molecule has 1 N–H and O–H groups in total. The van der Waals surface area contributed by atoms with Crippen LogP contribution in [0.5, 0.6) is 5.88 Å². The highest BCUT2D eigenvalue weighted by Gasteiger charge is 2.16. The van der Waals surface area contributed by atoms with Crippen LogP contribution in [0.4, 0.5) is 10.5 Å². The molecule has 2 aromatic heterocycles. The molecule has 0 fully saturated rings. The minimum atomic E-state index is -0.208. The Balaban J connectivity index is 1.96. The zero-order valence-corrected chi connectivity index (χ0v) is 16.4. The Labute approximate surface area is 160 Å². The highest BCUT2D eigenvalue weighted by molar-refractivity contribution is 5.89. The normalized spacial score (nSPS) is 10.9. The van der Waals surface area contributed by atoms with Crippen molar-refractivity contribution in [2.24, 2.45) is 0 Å². The van der Waals surface area contributed by atoms with E-state index in [1.165, 1.54) is 0 Å². The zero-order valence-electron chi connectivity index (χ0n) is 16.4. The SMILES string of the molecule is COCCOc1ccc(NC(=O)N(CCN(C)C)Cc2ccc(C)o2)cn1. The average Bonchev–Trinajstić information content (AvgIpc) is 3.05. The second-order valence-corrected chi connectivity index (χ2v) is 6.39. The third-order valence-corrected chi connectivity index (χ3v) is 3.77. The van der Waals surface area contributed by atoms with Gasteiger partial charge in [-0.05, 0) is 39.2 Å². The molecular weight excluding hydrogens is 348 g/mol. The van der Waals surface area contributed by atoms with Crippen LogP contribution in [0.3, 0.4) is 0 Å². The van der Waals surface area contributed by atoms with Gasteiger partial charge in [0.25, 0.3) is 0 Å². The average molecular weight is 376 g/mol. The molecule has 0 aromatic carbocycles. The summed E-state index contributed by atoms with van der Waals surface area (Å²) in [4.78, 5) is 20.6. The third-order valence-electron chi connectivity index (χ3n) is 3.77. The van der Waals surface area contributed by atoms with E-state index >= 15 is 0 Å².